The molecule has 4 aromatic carbocycles. The van der Waals surface area contributed by atoms with E-state index in [1.54, 1.807) is 0 Å². The second kappa shape index (κ2) is 13.3. The molecule has 0 aliphatic heterocycles. The summed E-state index contributed by atoms with van der Waals surface area (Å²) in [5.74, 6) is 7.46. The summed E-state index contributed by atoms with van der Waals surface area (Å²) < 4.78 is 7.94. The summed E-state index contributed by atoms with van der Waals surface area (Å²) in [6, 6.07) is 33.1. The number of halogens is 2. The molecule has 0 bridgehead atoms. The maximum absolute atomic E-state index is 5.83. The van der Waals surface area contributed by atoms with Crippen LogP contribution in [0.2, 0.25) is 0 Å². The first-order valence-corrected chi connectivity index (χ1v) is 13.9. The van der Waals surface area contributed by atoms with Gasteiger partial charge in [-0.25, -0.2) is 0 Å². The van der Waals surface area contributed by atoms with Crippen LogP contribution in [-0.2, 0) is 0 Å². The number of anilines is 3. The van der Waals surface area contributed by atoms with Crippen LogP contribution in [0.25, 0.3) is 0 Å². The van der Waals surface area contributed by atoms with Crippen LogP contribution in [0.3, 0.4) is 0 Å². The van der Waals surface area contributed by atoms with Crippen LogP contribution < -0.4 is 9.64 Å². The maximum atomic E-state index is 5.83. The highest BCUT2D eigenvalue weighted by molar-refractivity contribution is 9.10. The number of ether oxygens (including phenoxy) is 1. The minimum atomic E-state index is 0.773. The normalized spacial score (nSPS) is 10.4. The van der Waals surface area contributed by atoms with E-state index in [-0.39, 0.29) is 0 Å². The Balaban J connectivity index is 1.47. The Hall–Kier alpha value is -3.00. The van der Waals surface area contributed by atoms with Gasteiger partial charge in [0.25, 0.3) is 0 Å². The van der Waals surface area contributed by atoms with Crippen LogP contribution in [0.4, 0.5) is 17.1 Å². The van der Waals surface area contributed by atoms with Crippen molar-refractivity contribution in [1.29, 1.82) is 0 Å². The predicted molar refractivity (Wildman–Crippen MR) is 159 cm³/mol. The van der Waals surface area contributed by atoms with E-state index in [0.717, 1.165) is 55.9 Å². The van der Waals surface area contributed by atoms with E-state index in [1.807, 2.05) is 24.3 Å². The molecule has 0 unspecified atom stereocenters. The first-order valence-electron chi connectivity index (χ1n) is 12.3. The number of benzene rings is 4. The first kappa shape index (κ1) is 26.1. The van der Waals surface area contributed by atoms with Gasteiger partial charge in [-0.05, 0) is 103 Å². The Kier molecular flexibility index (Phi) is 9.67. The second-order valence-corrected chi connectivity index (χ2v) is 10.3. The molecule has 0 aliphatic carbocycles. The molecule has 2 nitrogen and oxygen atoms in total. The molecule has 4 rings (SSSR count). The molecular formula is C32H29Br2NO. The summed E-state index contributed by atoms with van der Waals surface area (Å²) in [7, 11) is 0. The smallest absolute Gasteiger partial charge is 0.119 e. The lowest BCUT2D eigenvalue weighted by atomic mass is 10.1. The van der Waals surface area contributed by atoms with Crippen molar-refractivity contribution in [2.24, 2.45) is 0 Å². The van der Waals surface area contributed by atoms with Crippen molar-refractivity contribution >= 4 is 48.9 Å². The molecule has 0 N–H and O–H groups in total. The largest absolute Gasteiger partial charge is 0.494 e. The highest BCUT2D eigenvalue weighted by Crippen LogP contribution is 2.35. The summed E-state index contributed by atoms with van der Waals surface area (Å²) in [4.78, 5) is 2.23. The van der Waals surface area contributed by atoms with E-state index in [2.05, 4.69) is 128 Å². The van der Waals surface area contributed by atoms with Crippen LogP contribution >= 0.6 is 31.9 Å². The fourth-order valence-electron chi connectivity index (χ4n) is 3.82. The van der Waals surface area contributed by atoms with Gasteiger partial charge in [-0.3, -0.25) is 0 Å². The van der Waals surface area contributed by atoms with Crippen LogP contribution in [0, 0.1) is 11.8 Å². The van der Waals surface area contributed by atoms with Gasteiger partial charge < -0.3 is 9.64 Å². The summed E-state index contributed by atoms with van der Waals surface area (Å²) in [6.07, 6.45) is 4.84. The van der Waals surface area contributed by atoms with E-state index >= 15 is 0 Å². The van der Waals surface area contributed by atoms with Gasteiger partial charge in [0.15, 0.2) is 0 Å². The average Bonchev–Trinajstić information content (AvgIpc) is 2.91. The zero-order chi connectivity index (χ0) is 25.2. The predicted octanol–water partition coefficient (Wildman–Crippen LogP) is 10.0. The van der Waals surface area contributed by atoms with E-state index in [4.69, 9.17) is 4.74 Å². The molecule has 0 aliphatic rings. The molecule has 36 heavy (non-hydrogen) atoms. The van der Waals surface area contributed by atoms with Crippen molar-refractivity contribution in [2.75, 3.05) is 11.5 Å². The molecule has 4 aromatic rings. The molecule has 0 radical (unpaired) electrons. The van der Waals surface area contributed by atoms with Crippen molar-refractivity contribution in [3.05, 3.63) is 117 Å². The van der Waals surface area contributed by atoms with Crippen molar-refractivity contribution < 1.29 is 4.74 Å². The zero-order valence-electron chi connectivity index (χ0n) is 20.4. The average molecular weight is 603 g/mol. The number of nitrogens with zero attached hydrogens (tertiary/aromatic N) is 1. The van der Waals surface area contributed by atoms with Gasteiger partial charge in [0.1, 0.15) is 5.75 Å². The number of hydrogen-bond donors (Lipinski definition) is 0. The van der Waals surface area contributed by atoms with Gasteiger partial charge in [-0.2, -0.15) is 0 Å². The summed E-state index contributed by atoms with van der Waals surface area (Å²) in [6.45, 7) is 2.99. The Morgan fingerprint density at radius 3 is 1.50 bits per heavy atom. The second-order valence-electron chi connectivity index (χ2n) is 8.52. The lowest BCUT2D eigenvalue weighted by molar-refractivity contribution is 0.305. The fourth-order valence-corrected chi connectivity index (χ4v) is 4.35. The van der Waals surface area contributed by atoms with Gasteiger partial charge >= 0.3 is 0 Å². The SMILES string of the molecule is CCCCCCOc1ccc(C#Cc2ccc(N(c3ccc(Br)cc3)c3ccc(Br)cc3)cc2)cc1. The Morgan fingerprint density at radius 2 is 1.03 bits per heavy atom. The number of hydrogen-bond acceptors (Lipinski definition) is 2. The van der Waals surface area contributed by atoms with Gasteiger partial charge in [0.05, 0.1) is 6.61 Å². The lowest BCUT2D eigenvalue weighted by Gasteiger charge is -2.25. The number of rotatable bonds is 9. The van der Waals surface area contributed by atoms with Gasteiger partial charge in [-0.1, -0.05) is 69.9 Å². The van der Waals surface area contributed by atoms with Crippen LogP contribution in [0.1, 0.15) is 43.7 Å². The third kappa shape index (κ3) is 7.50. The highest BCUT2D eigenvalue weighted by Gasteiger charge is 2.12. The molecule has 0 atom stereocenters. The lowest BCUT2D eigenvalue weighted by Crippen LogP contribution is -2.09. The van der Waals surface area contributed by atoms with Crippen molar-refractivity contribution in [1.82, 2.24) is 0 Å². The van der Waals surface area contributed by atoms with Crippen LogP contribution in [-0.4, -0.2) is 6.61 Å². The molecular weight excluding hydrogens is 574 g/mol. The Morgan fingerprint density at radius 1 is 0.583 bits per heavy atom. The molecule has 182 valence electrons. The topological polar surface area (TPSA) is 12.5 Å². The maximum Gasteiger partial charge on any atom is 0.119 e. The summed E-state index contributed by atoms with van der Waals surface area (Å²) >= 11 is 7.08. The molecule has 0 aromatic heterocycles. The standard InChI is InChI=1S/C32H29Br2NO/c1-2-3-4-5-24-36-32-22-10-26(11-23-32)7-6-25-8-16-29(17-9-25)35(30-18-12-27(33)13-19-30)31-20-14-28(34)15-21-31/h8-23H,2-5,24H2,1H3. The summed E-state index contributed by atoms with van der Waals surface area (Å²) in [5, 5.41) is 0. The quantitative estimate of drug-likeness (QED) is 0.140. The van der Waals surface area contributed by atoms with E-state index in [0.29, 0.717) is 0 Å². The van der Waals surface area contributed by atoms with E-state index in [1.165, 1.54) is 19.3 Å². The van der Waals surface area contributed by atoms with Crippen LogP contribution in [0.15, 0.2) is 106 Å². The van der Waals surface area contributed by atoms with Gasteiger partial charge in [-0.15, -0.1) is 0 Å². The molecule has 0 fully saturated rings. The van der Waals surface area contributed by atoms with Gasteiger partial charge in [0.2, 0.25) is 0 Å². The zero-order valence-corrected chi connectivity index (χ0v) is 23.6. The minimum Gasteiger partial charge on any atom is -0.494 e. The molecule has 0 spiro atoms. The van der Waals surface area contributed by atoms with Gasteiger partial charge in [0, 0.05) is 37.1 Å². The number of unbranched alkanes of at least 4 members (excludes halogenated alkanes) is 3. The first-order chi connectivity index (χ1) is 17.6. The van der Waals surface area contributed by atoms with E-state index in [9.17, 15) is 0 Å². The highest BCUT2D eigenvalue weighted by atomic mass is 79.9. The van der Waals surface area contributed by atoms with Crippen LogP contribution in [0.5, 0.6) is 5.75 Å². The molecule has 0 amide bonds. The van der Waals surface area contributed by atoms with Crippen molar-refractivity contribution in [3.8, 4) is 17.6 Å². The monoisotopic (exact) mass is 601 g/mol. The molecule has 0 heterocycles. The summed E-state index contributed by atoms with van der Waals surface area (Å²) in [5.41, 5.74) is 5.20. The molecule has 4 heteroatoms. The Bertz CT molecular complexity index is 1240. The van der Waals surface area contributed by atoms with Crippen molar-refractivity contribution in [3.63, 3.8) is 0 Å². The molecule has 0 saturated heterocycles. The minimum absolute atomic E-state index is 0.773. The van der Waals surface area contributed by atoms with Crippen molar-refractivity contribution in [2.45, 2.75) is 32.6 Å². The fraction of sp³-hybridized carbons (Fsp3) is 0.188. The Labute approximate surface area is 231 Å². The van der Waals surface area contributed by atoms with E-state index < -0.39 is 0 Å². The third-order valence-electron chi connectivity index (χ3n) is 5.77. The molecule has 0 saturated carbocycles. The third-order valence-corrected chi connectivity index (χ3v) is 6.82.